The van der Waals surface area contributed by atoms with E-state index < -0.39 is 0 Å². The molecule has 4 heteroatoms. The summed E-state index contributed by atoms with van der Waals surface area (Å²) in [5.74, 6) is 0. The summed E-state index contributed by atoms with van der Waals surface area (Å²) < 4.78 is 5.05. The number of anilines is 1. The molecule has 0 fully saturated rings. The summed E-state index contributed by atoms with van der Waals surface area (Å²) >= 11 is 9.70. The molecule has 1 aromatic carbocycles. The molecule has 0 aliphatic rings. The Morgan fingerprint density at radius 2 is 2.19 bits per heavy atom. The molecule has 0 radical (unpaired) electrons. The van der Waals surface area contributed by atoms with E-state index in [2.05, 4.69) is 33.9 Å². The minimum absolute atomic E-state index is 0.776. The first-order valence-electron chi connectivity index (χ1n) is 5.24. The molecule has 0 saturated heterocycles. The van der Waals surface area contributed by atoms with Crippen LogP contribution in [0.4, 0.5) is 5.69 Å². The maximum absolute atomic E-state index is 6.22. The molecule has 1 aromatic rings. The molecular weight excluding hydrogens is 289 g/mol. The zero-order valence-corrected chi connectivity index (χ0v) is 12.0. The Morgan fingerprint density at radius 1 is 1.44 bits per heavy atom. The smallest absolute Gasteiger partial charge is 0.0642 e. The van der Waals surface area contributed by atoms with Crippen LogP contribution in [0.3, 0.4) is 0 Å². The maximum atomic E-state index is 6.22. The van der Waals surface area contributed by atoms with E-state index in [-0.39, 0.29) is 0 Å². The highest BCUT2D eigenvalue weighted by Crippen LogP contribution is 2.30. The van der Waals surface area contributed by atoms with E-state index in [1.54, 1.807) is 7.11 Å². The number of halogens is 2. The van der Waals surface area contributed by atoms with Crippen molar-refractivity contribution in [2.45, 2.75) is 11.8 Å². The van der Waals surface area contributed by atoms with Crippen molar-refractivity contribution in [1.82, 2.24) is 0 Å². The standard InChI is InChI=1S/C12H17BrClNO/c1-15(7-4-8-16-2)12-10(9-13)5-3-6-11(12)14/h3,5-6H,4,7-9H2,1-2H3. The number of para-hydroxylation sites is 1. The molecule has 0 N–H and O–H groups in total. The van der Waals surface area contributed by atoms with Gasteiger partial charge >= 0.3 is 0 Å². The van der Waals surface area contributed by atoms with Gasteiger partial charge in [-0.3, -0.25) is 0 Å². The van der Waals surface area contributed by atoms with E-state index in [9.17, 15) is 0 Å². The molecule has 0 aliphatic carbocycles. The van der Waals surface area contributed by atoms with Crippen molar-refractivity contribution in [3.63, 3.8) is 0 Å². The topological polar surface area (TPSA) is 12.5 Å². The SMILES string of the molecule is COCCCN(C)c1c(Cl)cccc1CBr. The fourth-order valence-electron chi connectivity index (χ4n) is 1.65. The highest BCUT2D eigenvalue weighted by atomic mass is 79.9. The largest absolute Gasteiger partial charge is 0.385 e. The highest BCUT2D eigenvalue weighted by molar-refractivity contribution is 9.08. The molecule has 16 heavy (non-hydrogen) atoms. The third kappa shape index (κ3) is 3.65. The molecule has 1 rings (SSSR count). The molecule has 0 aromatic heterocycles. The Labute approximate surface area is 111 Å². The molecule has 90 valence electrons. The summed E-state index contributed by atoms with van der Waals surface area (Å²) in [6.45, 7) is 1.72. The second-order valence-electron chi connectivity index (χ2n) is 3.65. The minimum atomic E-state index is 0.776. The number of benzene rings is 1. The van der Waals surface area contributed by atoms with Crippen LogP contribution in [0.15, 0.2) is 18.2 Å². The van der Waals surface area contributed by atoms with E-state index in [4.69, 9.17) is 16.3 Å². The van der Waals surface area contributed by atoms with Gasteiger partial charge in [0.25, 0.3) is 0 Å². The fraction of sp³-hybridized carbons (Fsp3) is 0.500. The summed E-state index contributed by atoms with van der Waals surface area (Å²) in [5.41, 5.74) is 2.32. The van der Waals surface area contributed by atoms with Crippen molar-refractivity contribution in [1.29, 1.82) is 0 Å². The van der Waals surface area contributed by atoms with Gasteiger partial charge in [-0.2, -0.15) is 0 Å². The second kappa shape index (κ2) is 7.15. The van der Waals surface area contributed by atoms with Gasteiger partial charge in [-0.25, -0.2) is 0 Å². The van der Waals surface area contributed by atoms with Gasteiger partial charge in [0.15, 0.2) is 0 Å². The van der Waals surface area contributed by atoms with Crippen LogP contribution in [0.5, 0.6) is 0 Å². The lowest BCUT2D eigenvalue weighted by Crippen LogP contribution is -2.21. The van der Waals surface area contributed by atoms with Crippen LogP contribution in [0, 0.1) is 0 Å². The Bertz CT molecular complexity index is 333. The first-order valence-corrected chi connectivity index (χ1v) is 6.74. The number of alkyl halides is 1. The average Bonchev–Trinajstić information content (AvgIpc) is 2.28. The minimum Gasteiger partial charge on any atom is -0.385 e. The van der Waals surface area contributed by atoms with E-state index in [1.807, 2.05) is 12.1 Å². The summed E-state index contributed by atoms with van der Waals surface area (Å²) in [6, 6.07) is 5.99. The zero-order valence-electron chi connectivity index (χ0n) is 9.67. The van der Waals surface area contributed by atoms with Gasteiger partial charge in [0.05, 0.1) is 10.7 Å². The van der Waals surface area contributed by atoms with E-state index >= 15 is 0 Å². The van der Waals surface area contributed by atoms with Gasteiger partial charge in [-0.15, -0.1) is 0 Å². The van der Waals surface area contributed by atoms with Crippen LogP contribution in [-0.4, -0.2) is 27.3 Å². The number of hydrogen-bond donors (Lipinski definition) is 0. The van der Waals surface area contributed by atoms with E-state index in [0.717, 1.165) is 35.6 Å². The molecule has 0 heterocycles. The highest BCUT2D eigenvalue weighted by Gasteiger charge is 2.10. The summed E-state index contributed by atoms with van der Waals surface area (Å²) in [6.07, 6.45) is 1.000. The number of rotatable bonds is 6. The molecule has 2 nitrogen and oxygen atoms in total. The predicted octanol–water partition coefficient (Wildman–Crippen LogP) is 3.71. The maximum Gasteiger partial charge on any atom is 0.0642 e. The normalized spacial score (nSPS) is 10.5. The number of nitrogens with zero attached hydrogens (tertiary/aromatic N) is 1. The molecule has 0 atom stereocenters. The van der Waals surface area contributed by atoms with Crippen molar-refractivity contribution in [3.8, 4) is 0 Å². The predicted molar refractivity (Wildman–Crippen MR) is 73.8 cm³/mol. The van der Waals surface area contributed by atoms with Gasteiger partial charge in [-0.05, 0) is 18.1 Å². The van der Waals surface area contributed by atoms with Crippen LogP contribution >= 0.6 is 27.5 Å². The van der Waals surface area contributed by atoms with Crippen molar-refractivity contribution in [2.24, 2.45) is 0 Å². The average molecular weight is 307 g/mol. The lowest BCUT2D eigenvalue weighted by atomic mass is 10.2. The lowest BCUT2D eigenvalue weighted by molar-refractivity contribution is 0.196. The molecule has 0 unspecified atom stereocenters. The fourth-order valence-corrected chi connectivity index (χ4v) is 2.44. The third-order valence-electron chi connectivity index (χ3n) is 2.44. The Balaban J connectivity index is 2.76. The van der Waals surface area contributed by atoms with E-state index in [0.29, 0.717) is 0 Å². The Morgan fingerprint density at radius 3 is 2.81 bits per heavy atom. The van der Waals surface area contributed by atoms with Gasteiger partial charge < -0.3 is 9.64 Å². The van der Waals surface area contributed by atoms with Crippen molar-refractivity contribution < 1.29 is 4.74 Å². The molecule has 0 spiro atoms. The summed E-state index contributed by atoms with van der Waals surface area (Å²) in [5, 5.41) is 1.62. The van der Waals surface area contributed by atoms with Crippen LogP contribution < -0.4 is 4.90 Å². The second-order valence-corrected chi connectivity index (χ2v) is 4.62. The van der Waals surface area contributed by atoms with Gasteiger partial charge in [0, 0.05) is 32.6 Å². The Kier molecular flexibility index (Phi) is 6.17. The Hall–Kier alpha value is -0.250. The third-order valence-corrected chi connectivity index (χ3v) is 3.35. The molecule has 0 saturated carbocycles. The number of hydrogen-bond acceptors (Lipinski definition) is 2. The van der Waals surface area contributed by atoms with Crippen LogP contribution in [0.25, 0.3) is 0 Å². The molecular formula is C12H17BrClNO. The van der Waals surface area contributed by atoms with E-state index in [1.165, 1.54) is 5.56 Å². The van der Waals surface area contributed by atoms with Crippen LogP contribution in [0.2, 0.25) is 5.02 Å². The molecule has 0 amide bonds. The summed E-state index contributed by atoms with van der Waals surface area (Å²) in [4.78, 5) is 2.18. The van der Waals surface area contributed by atoms with Gasteiger partial charge in [0.1, 0.15) is 0 Å². The van der Waals surface area contributed by atoms with Crippen LogP contribution in [-0.2, 0) is 10.1 Å². The quantitative estimate of drug-likeness (QED) is 0.587. The monoisotopic (exact) mass is 305 g/mol. The van der Waals surface area contributed by atoms with Crippen LogP contribution in [0.1, 0.15) is 12.0 Å². The zero-order chi connectivity index (χ0) is 12.0. The van der Waals surface area contributed by atoms with Gasteiger partial charge in [0.2, 0.25) is 0 Å². The summed E-state index contributed by atoms with van der Waals surface area (Å²) in [7, 11) is 3.78. The van der Waals surface area contributed by atoms with Crippen molar-refractivity contribution in [3.05, 3.63) is 28.8 Å². The first-order chi connectivity index (χ1) is 7.70. The molecule has 0 bridgehead atoms. The number of methoxy groups -OCH3 is 1. The van der Waals surface area contributed by atoms with Crippen molar-refractivity contribution >= 4 is 33.2 Å². The van der Waals surface area contributed by atoms with Crippen molar-refractivity contribution in [2.75, 3.05) is 32.2 Å². The number of ether oxygens (including phenoxy) is 1. The first kappa shape index (κ1) is 13.8. The van der Waals surface area contributed by atoms with Gasteiger partial charge in [-0.1, -0.05) is 39.7 Å². The lowest BCUT2D eigenvalue weighted by Gasteiger charge is -2.23. The molecule has 0 aliphatic heterocycles.